The molecule has 132 valence electrons. The van der Waals surface area contributed by atoms with Crippen LogP contribution in [0.1, 0.15) is 18.2 Å². The van der Waals surface area contributed by atoms with Gasteiger partial charge in [-0.2, -0.15) is 0 Å². The molecule has 25 heavy (non-hydrogen) atoms. The number of primary amides is 1. The van der Waals surface area contributed by atoms with Crippen molar-refractivity contribution in [1.82, 2.24) is 9.88 Å². The maximum Gasteiger partial charge on any atom is 0.404 e. The number of ether oxygens (including phenoxy) is 1. The summed E-state index contributed by atoms with van der Waals surface area (Å²) in [4.78, 5) is 40.1. The summed E-state index contributed by atoms with van der Waals surface area (Å²) in [5.74, 6) is -2.25. The molecule has 2 aliphatic rings. The van der Waals surface area contributed by atoms with E-state index in [1.807, 2.05) is 0 Å². The molecule has 0 saturated carbocycles. The van der Waals surface area contributed by atoms with Crippen molar-refractivity contribution >= 4 is 34.6 Å². The van der Waals surface area contributed by atoms with Crippen molar-refractivity contribution in [2.24, 2.45) is 11.7 Å². The number of thioether (sulfide) groups is 1. The first-order valence-electron chi connectivity index (χ1n) is 7.34. The van der Waals surface area contributed by atoms with Gasteiger partial charge in [0.25, 0.3) is 0 Å². The normalized spacial score (nSPS) is 23.1. The second-order valence-electron chi connectivity index (χ2n) is 5.61. The minimum Gasteiger partial charge on any atom is -0.477 e. The lowest BCUT2D eigenvalue weighted by molar-refractivity contribution is -0.156. The molecule has 0 aromatic carbocycles. The number of aliphatic hydroxyl groups is 1. The van der Waals surface area contributed by atoms with Crippen LogP contribution >= 0.6 is 11.8 Å². The Kier molecular flexibility index (Phi) is 4.39. The smallest absolute Gasteiger partial charge is 0.404 e. The van der Waals surface area contributed by atoms with Crippen LogP contribution in [0, 0.1) is 5.92 Å². The summed E-state index contributed by atoms with van der Waals surface area (Å²) >= 11 is 1.21. The van der Waals surface area contributed by atoms with Crippen molar-refractivity contribution in [2.75, 3.05) is 0 Å². The molecule has 0 radical (unpaired) electrons. The zero-order chi connectivity index (χ0) is 18.3. The molecule has 2 aliphatic heterocycles. The van der Waals surface area contributed by atoms with Crippen LogP contribution in [0.5, 0.6) is 0 Å². The lowest BCUT2D eigenvalue weighted by Gasteiger charge is -2.43. The van der Waals surface area contributed by atoms with Crippen molar-refractivity contribution in [3.63, 3.8) is 0 Å². The summed E-state index contributed by atoms with van der Waals surface area (Å²) < 4.78 is 4.64. The van der Waals surface area contributed by atoms with E-state index in [9.17, 15) is 24.6 Å². The molecule has 0 unspecified atom stereocenters. The van der Waals surface area contributed by atoms with Crippen LogP contribution in [0.2, 0.25) is 0 Å². The zero-order valence-electron chi connectivity index (χ0n) is 13.1. The van der Waals surface area contributed by atoms with Gasteiger partial charge in [-0.25, -0.2) is 9.59 Å². The standard InChI is InChI=1S/C15H15N3O6S/c1-6(19)9-12(20)18-10(14(21)22)11(25-13(9)18)7-2-3-8(17-4-7)5-24-15(16)23/h2-4,6,9,13,19H,5H2,1H3,(H2,16,23)(H,21,22)/t6-,9+,13-/m1/s1. The van der Waals surface area contributed by atoms with E-state index in [4.69, 9.17) is 5.73 Å². The Balaban J connectivity index is 1.87. The highest BCUT2D eigenvalue weighted by Gasteiger charge is 2.57. The van der Waals surface area contributed by atoms with E-state index in [0.717, 1.165) is 0 Å². The first-order chi connectivity index (χ1) is 11.8. The second-order valence-corrected chi connectivity index (χ2v) is 6.74. The van der Waals surface area contributed by atoms with Crippen molar-refractivity contribution in [3.05, 3.63) is 35.3 Å². The molecule has 9 nitrogen and oxygen atoms in total. The molecule has 3 heterocycles. The molecule has 2 amide bonds. The van der Waals surface area contributed by atoms with Crippen molar-refractivity contribution in [2.45, 2.75) is 25.0 Å². The van der Waals surface area contributed by atoms with Crippen molar-refractivity contribution in [1.29, 1.82) is 0 Å². The maximum atomic E-state index is 12.2. The molecule has 1 aromatic rings. The molecule has 4 N–H and O–H groups in total. The Hall–Kier alpha value is -2.59. The Morgan fingerprint density at radius 2 is 2.20 bits per heavy atom. The van der Waals surface area contributed by atoms with E-state index in [-0.39, 0.29) is 12.3 Å². The van der Waals surface area contributed by atoms with E-state index < -0.39 is 35.4 Å². The number of aromatic nitrogens is 1. The van der Waals surface area contributed by atoms with Crippen molar-refractivity contribution in [3.8, 4) is 0 Å². The third-order valence-corrected chi connectivity index (χ3v) is 5.36. The Morgan fingerprint density at radius 1 is 1.48 bits per heavy atom. The predicted octanol–water partition coefficient (Wildman–Crippen LogP) is 0.342. The fourth-order valence-corrected chi connectivity index (χ4v) is 4.38. The number of carboxylic acids is 1. The average Bonchev–Trinajstić information content (AvgIpc) is 2.88. The van der Waals surface area contributed by atoms with Gasteiger partial charge in [-0.05, 0) is 13.0 Å². The number of aliphatic hydroxyl groups excluding tert-OH is 1. The maximum absolute atomic E-state index is 12.2. The number of pyridine rings is 1. The number of β-lactam (4-membered cyclic amide) rings is 1. The summed E-state index contributed by atoms with van der Waals surface area (Å²) in [7, 11) is 0. The quantitative estimate of drug-likeness (QED) is 0.634. The van der Waals surface area contributed by atoms with Crippen LogP contribution < -0.4 is 5.73 Å². The fourth-order valence-electron chi connectivity index (χ4n) is 2.77. The molecule has 1 saturated heterocycles. The Morgan fingerprint density at radius 3 is 2.72 bits per heavy atom. The van der Waals surface area contributed by atoms with E-state index in [0.29, 0.717) is 16.2 Å². The predicted molar refractivity (Wildman–Crippen MR) is 86.6 cm³/mol. The van der Waals surface area contributed by atoms with Crippen LogP contribution in [-0.4, -0.2) is 49.5 Å². The van der Waals surface area contributed by atoms with Gasteiger partial charge >= 0.3 is 12.1 Å². The summed E-state index contributed by atoms with van der Waals surface area (Å²) in [5.41, 5.74) is 5.75. The van der Waals surface area contributed by atoms with Crippen LogP contribution in [0.15, 0.2) is 24.0 Å². The highest BCUT2D eigenvalue weighted by molar-refractivity contribution is 8.09. The molecule has 3 rings (SSSR count). The van der Waals surface area contributed by atoms with Gasteiger partial charge in [0.15, 0.2) is 0 Å². The molecule has 0 bridgehead atoms. The third-order valence-electron chi connectivity index (χ3n) is 3.95. The van der Waals surface area contributed by atoms with E-state index in [2.05, 4.69) is 9.72 Å². The van der Waals surface area contributed by atoms with Crippen LogP contribution in [0.4, 0.5) is 4.79 Å². The van der Waals surface area contributed by atoms with Gasteiger partial charge < -0.3 is 20.7 Å². The van der Waals surface area contributed by atoms with Gasteiger partial charge in [0.05, 0.1) is 17.7 Å². The third kappa shape index (κ3) is 2.94. The van der Waals surface area contributed by atoms with Gasteiger partial charge in [0.2, 0.25) is 5.91 Å². The molecular formula is C15H15N3O6S. The topological polar surface area (TPSA) is 143 Å². The molecule has 3 atom stereocenters. The van der Waals surface area contributed by atoms with Gasteiger partial charge in [-0.15, -0.1) is 0 Å². The van der Waals surface area contributed by atoms with Crippen LogP contribution in [0.25, 0.3) is 4.91 Å². The molecule has 0 aliphatic carbocycles. The number of rotatable bonds is 5. The number of nitrogens with zero attached hydrogens (tertiary/aromatic N) is 2. The monoisotopic (exact) mass is 365 g/mol. The minimum atomic E-state index is -1.22. The number of fused-ring (bicyclic) bond motifs is 1. The number of carbonyl (C=O) groups excluding carboxylic acids is 2. The van der Waals surface area contributed by atoms with Crippen molar-refractivity contribution < 1.29 is 29.3 Å². The first-order valence-corrected chi connectivity index (χ1v) is 8.22. The average molecular weight is 365 g/mol. The summed E-state index contributed by atoms with van der Waals surface area (Å²) in [6.45, 7) is 1.42. The highest BCUT2D eigenvalue weighted by Crippen LogP contribution is 2.53. The van der Waals surface area contributed by atoms with Gasteiger partial charge in [0.1, 0.15) is 17.7 Å². The van der Waals surface area contributed by atoms with Gasteiger partial charge in [-0.3, -0.25) is 14.7 Å². The Bertz CT molecular complexity index is 776. The Labute approximate surface area is 146 Å². The number of aliphatic carboxylic acids is 1. The molecule has 1 fully saturated rings. The largest absolute Gasteiger partial charge is 0.477 e. The summed E-state index contributed by atoms with van der Waals surface area (Å²) in [5, 5.41) is 18.8. The summed E-state index contributed by atoms with van der Waals surface area (Å²) in [6.07, 6.45) is -0.333. The first kappa shape index (κ1) is 17.2. The SMILES string of the molecule is C[C@@H](O)[C@H]1C(=O)N2C(C(=O)O)=C(c3ccc(COC(N)=O)nc3)S[C@H]12. The summed E-state index contributed by atoms with van der Waals surface area (Å²) in [6, 6.07) is 3.21. The number of hydrogen-bond acceptors (Lipinski definition) is 7. The molecule has 1 aromatic heterocycles. The highest BCUT2D eigenvalue weighted by atomic mass is 32.2. The van der Waals surface area contributed by atoms with Crippen LogP contribution in [-0.2, 0) is 20.9 Å². The van der Waals surface area contributed by atoms with Gasteiger partial charge in [-0.1, -0.05) is 17.8 Å². The molecule has 10 heteroatoms. The van der Waals surface area contributed by atoms with E-state index in [1.165, 1.54) is 29.8 Å². The molecular weight excluding hydrogens is 350 g/mol. The lowest BCUT2D eigenvalue weighted by Crippen LogP contribution is -2.60. The number of carboxylic acid groups (broad SMARTS) is 1. The molecule has 0 spiro atoms. The lowest BCUT2D eigenvalue weighted by atomic mass is 9.92. The van der Waals surface area contributed by atoms with E-state index in [1.54, 1.807) is 12.1 Å². The van der Waals surface area contributed by atoms with Crippen LogP contribution in [0.3, 0.4) is 0 Å². The zero-order valence-corrected chi connectivity index (χ0v) is 13.9. The number of hydrogen-bond donors (Lipinski definition) is 3. The van der Waals surface area contributed by atoms with Gasteiger partial charge in [0, 0.05) is 16.7 Å². The number of carbonyl (C=O) groups is 3. The minimum absolute atomic E-state index is 0.0923. The van der Waals surface area contributed by atoms with E-state index >= 15 is 0 Å². The second kappa shape index (κ2) is 6.37. The fraction of sp³-hybridized carbons (Fsp3) is 0.333. The number of nitrogens with two attached hydrogens (primary N) is 1. The number of amides is 2.